The molecule has 0 aliphatic heterocycles. The Morgan fingerprint density at radius 3 is 2.50 bits per heavy atom. The van der Waals surface area contributed by atoms with Gasteiger partial charge in [0, 0.05) is 6.04 Å². The van der Waals surface area contributed by atoms with Crippen molar-refractivity contribution in [2.45, 2.75) is 39.2 Å². The zero-order chi connectivity index (χ0) is 17.4. The topological polar surface area (TPSA) is 47.3 Å². The maximum absolute atomic E-state index is 12.9. The summed E-state index contributed by atoms with van der Waals surface area (Å²) >= 11 is 0. The van der Waals surface area contributed by atoms with Crippen LogP contribution in [0.25, 0.3) is 0 Å². The average Bonchev–Trinajstić information content (AvgIpc) is 2.56. The first-order valence-electron chi connectivity index (χ1n) is 8.57. The summed E-state index contributed by atoms with van der Waals surface area (Å²) in [6, 6.07) is 13.0. The Bertz CT molecular complexity index is 628. The molecule has 0 saturated carbocycles. The highest BCUT2D eigenvalue weighted by Gasteiger charge is 2.06. The third kappa shape index (κ3) is 5.85. The first kappa shape index (κ1) is 18.3. The summed E-state index contributed by atoms with van der Waals surface area (Å²) in [6.45, 7) is 5.77. The molecule has 1 atom stereocenters. The van der Waals surface area contributed by atoms with Crippen LogP contribution in [-0.4, -0.2) is 19.2 Å². The summed E-state index contributed by atoms with van der Waals surface area (Å²) in [7, 11) is 0. The highest BCUT2D eigenvalue weighted by molar-refractivity contribution is 5.54. The van der Waals surface area contributed by atoms with Crippen molar-refractivity contribution in [1.82, 2.24) is 5.32 Å². The number of rotatable bonds is 9. The maximum atomic E-state index is 12.9. The average molecular weight is 330 g/mol. The van der Waals surface area contributed by atoms with Crippen LogP contribution in [0.1, 0.15) is 31.4 Å². The van der Waals surface area contributed by atoms with Crippen LogP contribution in [0.4, 0.5) is 10.1 Å². The van der Waals surface area contributed by atoms with Crippen LogP contribution in [-0.2, 0) is 12.8 Å². The number of anilines is 1. The number of nitrogens with two attached hydrogens (primary N) is 1. The van der Waals surface area contributed by atoms with Gasteiger partial charge in [-0.1, -0.05) is 25.1 Å². The summed E-state index contributed by atoms with van der Waals surface area (Å²) in [5.74, 6) is 0.571. The summed E-state index contributed by atoms with van der Waals surface area (Å²) in [5, 5.41) is 3.50. The van der Waals surface area contributed by atoms with E-state index in [0.29, 0.717) is 18.3 Å². The lowest BCUT2D eigenvalue weighted by molar-refractivity contribution is 0.319. The number of hydrogen-bond acceptors (Lipinski definition) is 3. The molecular formula is C20H27FN2O. The van der Waals surface area contributed by atoms with Gasteiger partial charge in [0.1, 0.15) is 11.6 Å². The minimum Gasteiger partial charge on any atom is -0.491 e. The van der Waals surface area contributed by atoms with Gasteiger partial charge in [0.25, 0.3) is 0 Å². The summed E-state index contributed by atoms with van der Waals surface area (Å²) < 4.78 is 18.5. The largest absolute Gasteiger partial charge is 0.491 e. The van der Waals surface area contributed by atoms with Crippen molar-refractivity contribution in [2.75, 3.05) is 18.9 Å². The van der Waals surface area contributed by atoms with Crippen molar-refractivity contribution < 1.29 is 9.13 Å². The van der Waals surface area contributed by atoms with Gasteiger partial charge in [-0.3, -0.25) is 0 Å². The van der Waals surface area contributed by atoms with E-state index < -0.39 is 0 Å². The second-order valence-electron chi connectivity index (χ2n) is 6.16. The third-order valence-corrected chi connectivity index (χ3v) is 3.90. The summed E-state index contributed by atoms with van der Waals surface area (Å²) in [6.07, 6.45) is 2.76. The molecule has 0 amide bonds. The highest BCUT2D eigenvalue weighted by atomic mass is 19.1. The van der Waals surface area contributed by atoms with Crippen molar-refractivity contribution >= 4 is 5.69 Å². The molecule has 0 aliphatic rings. The second-order valence-corrected chi connectivity index (χ2v) is 6.16. The Morgan fingerprint density at radius 1 is 1.12 bits per heavy atom. The molecule has 4 heteroatoms. The first-order valence-corrected chi connectivity index (χ1v) is 8.57. The lowest BCUT2D eigenvalue weighted by Crippen LogP contribution is -2.30. The first-order chi connectivity index (χ1) is 11.6. The van der Waals surface area contributed by atoms with E-state index in [1.165, 1.54) is 17.7 Å². The van der Waals surface area contributed by atoms with E-state index in [4.69, 9.17) is 10.5 Å². The van der Waals surface area contributed by atoms with E-state index in [1.54, 1.807) is 0 Å². The Hall–Kier alpha value is -2.07. The molecule has 0 spiro atoms. The third-order valence-electron chi connectivity index (χ3n) is 3.90. The van der Waals surface area contributed by atoms with Crippen molar-refractivity contribution in [3.05, 3.63) is 59.4 Å². The number of halogens is 1. The Labute approximate surface area is 144 Å². The predicted molar refractivity (Wildman–Crippen MR) is 97.9 cm³/mol. The Balaban J connectivity index is 1.78. The SMILES string of the molecule is CCCOc1ccc(CC(C)NCCc2ccc(F)cc2)cc1N. The quantitative estimate of drug-likeness (QED) is 0.684. The molecule has 24 heavy (non-hydrogen) atoms. The number of nitrogen functional groups attached to an aromatic ring is 1. The molecule has 0 aliphatic carbocycles. The van der Waals surface area contributed by atoms with Gasteiger partial charge in [0.2, 0.25) is 0 Å². The van der Waals surface area contributed by atoms with Crippen molar-refractivity contribution in [2.24, 2.45) is 0 Å². The van der Waals surface area contributed by atoms with E-state index in [9.17, 15) is 4.39 Å². The predicted octanol–water partition coefficient (Wildman–Crippen LogP) is 3.96. The molecule has 0 radical (unpaired) electrons. The molecule has 0 heterocycles. The van der Waals surface area contributed by atoms with E-state index >= 15 is 0 Å². The van der Waals surface area contributed by atoms with Gasteiger partial charge in [0.15, 0.2) is 0 Å². The molecule has 130 valence electrons. The van der Waals surface area contributed by atoms with E-state index in [-0.39, 0.29) is 5.82 Å². The van der Waals surface area contributed by atoms with Crippen LogP contribution in [0.2, 0.25) is 0 Å². The number of nitrogens with one attached hydrogen (secondary N) is 1. The maximum Gasteiger partial charge on any atom is 0.142 e. The summed E-state index contributed by atoms with van der Waals surface area (Å²) in [5.41, 5.74) is 9.07. The standard InChI is InChI=1S/C20H27FN2O/c1-3-12-24-20-9-6-17(14-19(20)22)13-15(2)23-11-10-16-4-7-18(21)8-5-16/h4-9,14-15,23H,3,10-13,22H2,1-2H3. The molecule has 0 fully saturated rings. The van der Waals surface area contributed by atoms with Crippen LogP contribution in [0.5, 0.6) is 5.75 Å². The summed E-state index contributed by atoms with van der Waals surface area (Å²) in [4.78, 5) is 0. The second kappa shape index (κ2) is 9.28. The van der Waals surface area contributed by atoms with E-state index in [0.717, 1.165) is 37.1 Å². The minimum atomic E-state index is -0.191. The minimum absolute atomic E-state index is 0.191. The van der Waals surface area contributed by atoms with Gasteiger partial charge >= 0.3 is 0 Å². The van der Waals surface area contributed by atoms with E-state index in [1.807, 2.05) is 24.3 Å². The normalized spacial score (nSPS) is 12.1. The zero-order valence-electron chi connectivity index (χ0n) is 14.5. The van der Waals surface area contributed by atoms with Crippen LogP contribution in [0.15, 0.2) is 42.5 Å². The Kier molecular flexibility index (Phi) is 7.07. The fourth-order valence-electron chi connectivity index (χ4n) is 2.61. The lowest BCUT2D eigenvalue weighted by atomic mass is 10.1. The molecule has 3 nitrogen and oxygen atoms in total. The highest BCUT2D eigenvalue weighted by Crippen LogP contribution is 2.23. The van der Waals surface area contributed by atoms with Gasteiger partial charge in [-0.2, -0.15) is 0 Å². The van der Waals surface area contributed by atoms with Gasteiger partial charge in [-0.05, 0) is 68.1 Å². The molecular weight excluding hydrogens is 303 g/mol. The van der Waals surface area contributed by atoms with Gasteiger partial charge < -0.3 is 15.8 Å². The van der Waals surface area contributed by atoms with Crippen LogP contribution in [0.3, 0.4) is 0 Å². The molecule has 3 N–H and O–H groups in total. The number of ether oxygens (including phenoxy) is 1. The smallest absolute Gasteiger partial charge is 0.142 e. The fraction of sp³-hybridized carbons (Fsp3) is 0.400. The van der Waals surface area contributed by atoms with E-state index in [2.05, 4.69) is 25.2 Å². The molecule has 0 bridgehead atoms. The molecule has 1 unspecified atom stereocenters. The Morgan fingerprint density at radius 2 is 1.83 bits per heavy atom. The molecule has 0 aromatic heterocycles. The van der Waals surface area contributed by atoms with Gasteiger partial charge in [-0.25, -0.2) is 4.39 Å². The molecule has 2 rings (SSSR count). The zero-order valence-corrected chi connectivity index (χ0v) is 14.5. The van der Waals surface area contributed by atoms with Crippen molar-refractivity contribution in [1.29, 1.82) is 0 Å². The number of benzene rings is 2. The van der Waals surface area contributed by atoms with Crippen molar-refractivity contribution in [3.8, 4) is 5.75 Å². The van der Waals surface area contributed by atoms with Crippen LogP contribution in [0, 0.1) is 5.82 Å². The van der Waals surface area contributed by atoms with Crippen LogP contribution < -0.4 is 15.8 Å². The van der Waals surface area contributed by atoms with Gasteiger partial charge in [-0.15, -0.1) is 0 Å². The monoisotopic (exact) mass is 330 g/mol. The van der Waals surface area contributed by atoms with Crippen molar-refractivity contribution in [3.63, 3.8) is 0 Å². The van der Waals surface area contributed by atoms with Gasteiger partial charge in [0.05, 0.1) is 12.3 Å². The molecule has 2 aromatic rings. The number of hydrogen-bond donors (Lipinski definition) is 2. The van der Waals surface area contributed by atoms with Crippen LogP contribution >= 0.6 is 0 Å². The lowest BCUT2D eigenvalue weighted by Gasteiger charge is -2.15. The molecule has 0 saturated heterocycles. The molecule has 2 aromatic carbocycles. The fourth-order valence-corrected chi connectivity index (χ4v) is 2.61.